The molecule has 2 atom stereocenters. The van der Waals surface area contributed by atoms with Crippen molar-refractivity contribution < 1.29 is 19.1 Å². The van der Waals surface area contributed by atoms with Crippen LogP contribution in [-0.2, 0) is 11.2 Å². The van der Waals surface area contributed by atoms with Gasteiger partial charge < -0.3 is 19.2 Å². The van der Waals surface area contributed by atoms with Gasteiger partial charge >= 0.3 is 5.63 Å². The van der Waals surface area contributed by atoms with Crippen LogP contribution in [0.2, 0.25) is 0 Å². The molecule has 1 aromatic heterocycles. The van der Waals surface area contributed by atoms with E-state index in [0.29, 0.717) is 49.4 Å². The number of benzene rings is 2. The predicted molar refractivity (Wildman–Crippen MR) is 149 cm³/mol. The summed E-state index contributed by atoms with van der Waals surface area (Å²) in [5.41, 5.74) is 2.82. The van der Waals surface area contributed by atoms with Gasteiger partial charge in [0.1, 0.15) is 17.9 Å². The second kappa shape index (κ2) is 11.2. The summed E-state index contributed by atoms with van der Waals surface area (Å²) in [5, 5.41) is 11.8. The number of amides is 1. The Labute approximate surface area is 223 Å². The zero-order valence-corrected chi connectivity index (χ0v) is 22.4. The molecule has 5 rings (SSSR count). The molecule has 38 heavy (non-hydrogen) atoms. The molecule has 0 spiro atoms. The Kier molecular flexibility index (Phi) is 7.70. The van der Waals surface area contributed by atoms with E-state index in [1.165, 1.54) is 0 Å². The summed E-state index contributed by atoms with van der Waals surface area (Å²) >= 11 is 0. The van der Waals surface area contributed by atoms with E-state index in [9.17, 15) is 14.7 Å². The molecule has 1 amide bonds. The van der Waals surface area contributed by atoms with Crippen LogP contribution in [0.4, 0.5) is 0 Å². The first kappa shape index (κ1) is 26.2. The van der Waals surface area contributed by atoms with Gasteiger partial charge in [-0.1, -0.05) is 49.2 Å². The van der Waals surface area contributed by atoms with Gasteiger partial charge in [0.15, 0.2) is 0 Å². The molecule has 0 bridgehead atoms. The maximum Gasteiger partial charge on any atom is 0.339 e. The van der Waals surface area contributed by atoms with Gasteiger partial charge in [0.2, 0.25) is 5.91 Å². The maximum absolute atomic E-state index is 13.0. The zero-order valence-electron chi connectivity index (χ0n) is 22.4. The molecule has 0 radical (unpaired) electrons. The predicted octanol–water partition coefficient (Wildman–Crippen LogP) is 5.59. The summed E-state index contributed by atoms with van der Waals surface area (Å²) in [6.45, 7) is 5.42. The number of aryl methyl sites for hydroxylation is 2. The summed E-state index contributed by atoms with van der Waals surface area (Å²) in [7, 11) is 0. The number of piperidine rings is 1. The van der Waals surface area contributed by atoms with Crippen molar-refractivity contribution in [2.75, 3.05) is 19.7 Å². The highest BCUT2D eigenvalue weighted by Crippen LogP contribution is 2.40. The van der Waals surface area contributed by atoms with E-state index >= 15 is 0 Å². The molecule has 2 unspecified atom stereocenters. The molecule has 200 valence electrons. The number of ether oxygens (including phenoxy) is 1. The second-order valence-corrected chi connectivity index (χ2v) is 10.8. The van der Waals surface area contributed by atoms with E-state index in [4.69, 9.17) is 9.15 Å². The summed E-state index contributed by atoms with van der Waals surface area (Å²) in [6.07, 6.45) is 9.21. The first-order valence-corrected chi connectivity index (χ1v) is 13.8. The van der Waals surface area contributed by atoms with Crippen LogP contribution < -0.4 is 10.4 Å². The third-order valence-corrected chi connectivity index (χ3v) is 8.47. The fourth-order valence-electron chi connectivity index (χ4n) is 6.09. The lowest BCUT2D eigenvalue weighted by Crippen LogP contribution is -2.54. The van der Waals surface area contributed by atoms with Crippen LogP contribution in [-0.4, -0.2) is 41.2 Å². The van der Waals surface area contributed by atoms with Gasteiger partial charge in [-0.2, -0.15) is 0 Å². The fraction of sp³-hybridized carbons (Fsp3) is 0.438. The van der Waals surface area contributed by atoms with E-state index in [1.807, 2.05) is 73.4 Å². The smallest absolute Gasteiger partial charge is 0.339 e. The van der Waals surface area contributed by atoms with Gasteiger partial charge in [0.05, 0.1) is 5.60 Å². The van der Waals surface area contributed by atoms with Crippen molar-refractivity contribution in [2.45, 2.75) is 64.4 Å². The summed E-state index contributed by atoms with van der Waals surface area (Å²) in [5.74, 6) is 0.878. The average Bonchev–Trinajstić information content (AvgIpc) is 2.92. The second-order valence-electron chi connectivity index (χ2n) is 10.8. The molecule has 6 heteroatoms. The van der Waals surface area contributed by atoms with Crippen LogP contribution in [0.1, 0.15) is 60.8 Å². The number of carbonyl (C=O) groups is 1. The van der Waals surface area contributed by atoms with Gasteiger partial charge in [-0.3, -0.25) is 4.79 Å². The van der Waals surface area contributed by atoms with Gasteiger partial charge in [-0.05, 0) is 68.9 Å². The Morgan fingerprint density at radius 3 is 2.76 bits per heavy atom. The minimum absolute atomic E-state index is 0.0417. The number of fused-ring (bicyclic) bond motifs is 2. The molecule has 2 aliphatic rings. The first-order valence-electron chi connectivity index (χ1n) is 13.8. The molecule has 1 saturated heterocycles. The Hall–Kier alpha value is -3.38. The van der Waals surface area contributed by atoms with Gasteiger partial charge in [0.25, 0.3) is 0 Å². The Bertz CT molecular complexity index is 1390. The average molecular weight is 516 g/mol. The van der Waals surface area contributed by atoms with Crippen molar-refractivity contribution in [3.63, 3.8) is 0 Å². The Balaban J connectivity index is 1.25. The molecule has 1 aliphatic carbocycles. The van der Waals surface area contributed by atoms with Crippen molar-refractivity contribution in [2.24, 2.45) is 5.92 Å². The monoisotopic (exact) mass is 515 g/mol. The first-order chi connectivity index (χ1) is 18.4. The van der Waals surface area contributed by atoms with E-state index in [0.717, 1.165) is 47.8 Å². The SMILES string of the molecule is Cc1c(CCC(=O)N2CCC3(O)CCCCC3C2)c(=O)oc2c(C)c(OCC=Cc3ccccc3)ccc12. The normalized spacial score (nSPS) is 21.6. The summed E-state index contributed by atoms with van der Waals surface area (Å²) < 4.78 is 11.7. The molecule has 2 heterocycles. The lowest BCUT2D eigenvalue weighted by atomic mass is 9.71. The molecule has 1 N–H and O–H groups in total. The molecule has 1 aliphatic heterocycles. The number of rotatable bonds is 7. The molecule has 2 aromatic carbocycles. The van der Waals surface area contributed by atoms with E-state index in [2.05, 4.69) is 0 Å². The molecule has 1 saturated carbocycles. The number of hydrogen-bond donors (Lipinski definition) is 1. The lowest BCUT2D eigenvalue weighted by molar-refractivity contribution is -0.143. The van der Waals surface area contributed by atoms with Gasteiger partial charge in [-0.25, -0.2) is 4.79 Å². The van der Waals surface area contributed by atoms with E-state index < -0.39 is 11.2 Å². The highest BCUT2D eigenvalue weighted by molar-refractivity contribution is 5.86. The van der Waals surface area contributed by atoms with Crippen LogP contribution in [0, 0.1) is 19.8 Å². The number of hydrogen-bond acceptors (Lipinski definition) is 5. The van der Waals surface area contributed by atoms with Crippen molar-refractivity contribution in [1.82, 2.24) is 4.90 Å². The van der Waals surface area contributed by atoms with Crippen LogP contribution in [0.25, 0.3) is 17.0 Å². The molecular weight excluding hydrogens is 478 g/mol. The largest absolute Gasteiger partial charge is 0.489 e. The molecule has 6 nitrogen and oxygen atoms in total. The maximum atomic E-state index is 13.0. The topological polar surface area (TPSA) is 80.0 Å². The Morgan fingerprint density at radius 1 is 1.13 bits per heavy atom. The van der Waals surface area contributed by atoms with E-state index in [-0.39, 0.29) is 18.2 Å². The quantitative estimate of drug-likeness (QED) is 0.415. The van der Waals surface area contributed by atoms with Crippen molar-refractivity contribution in [1.29, 1.82) is 0 Å². The number of nitrogens with zero attached hydrogens (tertiary/aromatic N) is 1. The number of aliphatic hydroxyl groups is 1. The fourth-order valence-corrected chi connectivity index (χ4v) is 6.09. The summed E-state index contributed by atoms with van der Waals surface area (Å²) in [4.78, 5) is 27.9. The van der Waals surface area contributed by atoms with Crippen molar-refractivity contribution in [3.05, 3.63) is 81.2 Å². The van der Waals surface area contributed by atoms with Crippen LogP contribution >= 0.6 is 0 Å². The van der Waals surface area contributed by atoms with Crippen LogP contribution in [0.3, 0.4) is 0 Å². The van der Waals surface area contributed by atoms with Crippen molar-refractivity contribution >= 4 is 23.0 Å². The number of likely N-dealkylation sites (tertiary alicyclic amines) is 1. The van der Waals surface area contributed by atoms with Gasteiger partial charge in [0, 0.05) is 41.9 Å². The number of carbonyl (C=O) groups excluding carboxylic acids is 1. The van der Waals surface area contributed by atoms with E-state index in [1.54, 1.807) is 0 Å². The van der Waals surface area contributed by atoms with Crippen LogP contribution in [0.15, 0.2) is 57.8 Å². The van der Waals surface area contributed by atoms with Crippen LogP contribution in [0.5, 0.6) is 5.75 Å². The van der Waals surface area contributed by atoms with Crippen molar-refractivity contribution in [3.8, 4) is 5.75 Å². The third-order valence-electron chi connectivity index (χ3n) is 8.47. The Morgan fingerprint density at radius 2 is 1.95 bits per heavy atom. The zero-order chi connectivity index (χ0) is 26.7. The molecule has 3 aromatic rings. The molecule has 2 fully saturated rings. The summed E-state index contributed by atoms with van der Waals surface area (Å²) in [6, 6.07) is 13.9. The minimum Gasteiger partial charge on any atom is -0.489 e. The standard InChI is InChI=1S/C32H37NO5/c1-22-26-13-15-28(37-20-8-11-24-9-4-3-5-10-24)23(2)30(26)38-31(35)27(22)14-16-29(34)33-19-18-32(36)17-7-6-12-25(32)21-33/h3-5,8-11,13,15,25,36H,6-7,12,14,16-21H2,1-2H3. The third kappa shape index (κ3) is 5.41. The lowest BCUT2D eigenvalue weighted by Gasteiger charge is -2.47. The highest BCUT2D eigenvalue weighted by Gasteiger charge is 2.43. The van der Waals surface area contributed by atoms with Gasteiger partial charge in [-0.15, -0.1) is 0 Å². The highest BCUT2D eigenvalue weighted by atomic mass is 16.5. The molecular formula is C32H37NO5. The minimum atomic E-state index is -0.607.